The summed E-state index contributed by atoms with van der Waals surface area (Å²) in [7, 11) is 1.94. The van der Waals surface area contributed by atoms with Crippen molar-refractivity contribution >= 4 is 19.1 Å². The Hall–Kier alpha value is -2.10. The van der Waals surface area contributed by atoms with Gasteiger partial charge in [-0.25, -0.2) is 4.39 Å². The number of carbonyl (C=O) groups excluding carboxylic acids is 1. The van der Waals surface area contributed by atoms with Crippen molar-refractivity contribution in [1.82, 2.24) is 0 Å². The zero-order valence-electron chi connectivity index (χ0n) is 10.5. The molecule has 3 rings (SSSR count). The third-order valence-corrected chi connectivity index (χ3v) is 3.32. The average Bonchev–Trinajstić information content (AvgIpc) is 2.40. The largest absolute Gasteiger partial charge is 0.484 e. The first-order valence-electron chi connectivity index (χ1n) is 6.19. The van der Waals surface area contributed by atoms with Gasteiger partial charge in [-0.1, -0.05) is 29.7 Å². The van der Waals surface area contributed by atoms with Crippen molar-refractivity contribution in [1.29, 1.82) is 0 Å². The van der Waals surface area contributed by atoms with Gasteiger partial charge in [0.05, 0.1) is 12.0 Å². The summed E-state index contributed by atoms with van der Waals surface area (Å²) in [5.74, 6) is 0.386. The molecule has 0 fully saturated rings. The molecule has 1 aliphatic heterocycles. The number of halogens is 1. The van der Waals surface area contributed by atoms with Crippen molar-refractivity contribution in [2.45, 2.75) is 12.5 Å². The van der Waals surface area contributed by atoms with Crippen molar-refractivity contribution in [3.8, 4) is 5.75 Å². The maximum atomic E-state index is 12.9. The van der Waals surface area contributed by atoms with Crippen molar-refractivity contribution in [2.24, 2.45) is 0 Å². The van der Waals surface area contributed by atoms with Crippen LogP contribution in [0.2, 0.25) is 0 Å². The van der Waals surface area contributed by atoms with Crippen LogP contribution in [0, 0.1) is 5.82 Å². The summed E-state index contributed by atoms with van der Waals surface area (Å²) in [5, 5.41) is 0. The lowest BCUT2D eigenvalue weighted by Gasteiger charge is -2.25. The van der Waals surface area contributed by atoms with Gasteiger partial charge in [0, 0.05) is 0 Å². The second-order valence-corrected chi connectivity index (χ2v) is 4.78. The lowest BCUT2D eigenvalue weighted by molar-refractivity contribution is 0.0850. The van der Waals surface area contributed by atoms with Crippen LogP contribution in [0.1, 0.15) is 28.4 Å². The van der Waals surface area contributed by atoms with E-state index in [0.29, 0.717) is 17.7 Å². The van der Waals surface area contributed by atoms with E-state index in [2.05, 4.69) is 0 Å². The number of hydrogen-bond acceptors (Lipinski definition) is 2. The van der Waals surface area contributed by atoms with Gasteiger partial charge in [-0.15, -0.1) is 0 Å². The molecular weight excluding hydrogens is 242 g/mol. The smallest absolute Gasteiger partial charge is 0.170 e. The molecule has 0 radical (unpaired) electrons. The van der Waals surface area contributed by atoms with E-state index < -0.39 is 0 Å². The van der Waals surface area contributed by atoms with Gasteiger partial charge in [0.25, 0.3) is 0 Å². The van der Waals surface area contributed by atoms with E-state index in [1.807, 2.05) is 26.0 Å². The predicted molar refractivity (Wildman–Crippen MR) is 73.3 cm³/mol. The maximum Gasteiger partial charge on any atom is 0.170 e. The third-order valence-electron chi connectivity index (χ3n) is 3.32. The number of fused-ring (bicyclic) bond motifs is 1. The van der Waals surface area contributed by atoms with E-state index in [9.17, 15) is 9.18 Å². The number of benzene rings is 2. The summed E-state index contributed by atoms with van der Waals surface area (Å²) in [6.07, 6.45) is -0.0365. The van der Waals surface area contributed by atoms with E-state index in [4.69, 9.17) is 4.74 Å². The van der Waals surface area contributed by atoms with E-state index in [1.54, 1.807) is 12.1 Å². The molecule has 1 heterocycles. The number of ketones is 1. The predicted octanol–water partition coefficient (Wildman–Crippen LogP) is 1.79. The highest BCUT2D eigenvalue weighted by Crippen LogP contribution is 2.34. The molecule has 4 heteroatoms. The van der Waals surface area contributed by atoms with E-state index in [0.717, 1.165) is 11.0 Å². The standard InChI is InChI=1S/C15H12BFO2/c16-10-3-6-14-12(7-10)13(18)8-15(19-14)9-1-4-11(17)5-2-9/h1-7,15H,8,16H2. The molecule has 0 saturated carbocycles. The Labute approximate surface area is 111 Å². The van der Waals surface area contributed by atoms with Crippen molar-refractivity contribution in [3.63, 3.8) is 0 Å². The van der Waals surface area contributed by atoms with Crippen LogP contribution in [0.5, 0.6) is 5.75 Å². The number of hydrogen-bond donors (Lipinski definition) is 0. The molecule has 1 aliphatic rings. The van der Waals surface area contributed by atoms with Crippen LogP contribution in [0.15, 0.2) is 42.5 Å². The van der Waals surface area contributed by atoms with E-state index >= 15 is 0 Å². The van der Waals surface area contributed by atoms with E-state index in [1.165, 1.54) is 12.1 Å². The molecule has 2 nitrogen and oxygen atoms in total. The van der Waals surface area contributed by atoms with Crippen molar-refractivity contribution in [2.75, 3.05) is 0 Å². The minimum atomic E-state index is -0.330. The Morgan fingerprint density at radius 3 is 2.63 bits per heavy atom. The Kier molecular flexibility index (Phi) is 2.86. The maximum absolute atomic E-state index is 12.9. The minimum absolute atomic E-state index is 0.0688. The first-order valence-corrected chi connectivity index (χ1v) is 6.19. The fourth-order valence-electron chi connectivity index (χ4n) is 2.30. The molecule has 0 aliphatic carbocycles. The molecule has 94 valence electrons. The van der Waals surface area contributed by atoms with Crippen molar-refractivity contribution < 1.29 is 13.9 Å². The minimum Gasteiger partial charge on any atom is -0.484 e. The number of carbonyl (C=O) groups is 1. The van der Waals surface area contributed by atoms with Crippen LogP contribution in [0.25, 0.3) is 0 Å². The summed E-state index contributed by atoms with van der Waals surface area (Å²) >= 11 is 0. The highest BCUT2D eigenvalue weighted by molar-refractivity contribution is 6.32. The van der Waals surface area contributed by atoms with Gasteiger partial charge in [-0.2, -0.15) is 0 Å². The normalized spacial score (nSPS) is 17.7. The fraction of sp³-hybridized carbons (Fsp3) is 0.133. The zero-order chi connectivity index (χ0) is 13.4. The highest BCUT2D eigenvalue weighted by Gasteiger charge is 2.27. The molecule has 0 amide bonds. The topological polar surface area (TPSA) is 26.3 Å². The first-order chi connectivity index (χ1) is 9.13. The van der Waals surface area contributed by atoms with Gasteiger partial charge >= 0.3 is 0 Å². The van der Waals surface area contributed by atoms with Crippen molar-refractivity contribution in [3.05, 3.63) is 59.4 Å². The number of rotatable bonds is 1. The van der Waals surface area contributed by atoms with Gasteiger partial charge in [-0.05, 0) is 23.8 Å². The molecule has 0 N–H and O–H groups in total. The zero-order valence-corrected chi connectivity index (χ0v) is 10.5. The van der Waals surface area contributed by atoms with Crippen LogP contribution in [-0.4, -0.2) is 13.6 Å². The quantitative estimate of drug-likeness (QED) is 0.725. The van der Waals surface area contributed by atoms with Gasteiger partial charge in [0.15, 0.2) is 5.78 Å². The van der Waals surface area contributed by atoms with Gasteiger partial charge in [0.2, 0.25) is 0 Å². The average molecular weight is 254 g/mol. The fourth-order valence-corrected chi connectivity index (χ4v) is 2.30. The SMILES string of the molecule is Bc1ccc2c(c1)C(=O)CC(c1ccc(F)cc1)O2. The van der Waals surface area contributed by atoms with Crippen LogP contribution in [0.4, 0.5) is 4.39 Å². The summed E-state index contributed by atoms with van der Waals surface area (Å²) in [6.45, 7) is 0. The van der Waals surface area contributed by atoms with Crippen LogP contribution < -0.4 is 10.2 Å². The second-order valence-electron chi connectivity index (χ2n) is 4.78. The molecule has 0 spiro atoms. The molecule has 2 aromatic carbocycles. The lowest BCUT2D eigenvalue weighted by atomic mass is 9.89. The summed E-state index contributed by atoms with van der Waals surface area (Å²) in [4.78, 5) is 12.1. The molecule has 1 unspecified atom stereocenters. The van der Waals surface area contributed by atoms with Crippen LogP contribution in [0.3, 0.4) is 0 Å². The molecule has 0 aromatic heterocycles. The first kappa shape index (κ1) is 12.0. The van der Waals surface area contributed by atoms with Gasteiger partial charge in [0.1, 0.15) is 25.5 Å². The summed E-state index contributed by atoms with van der Waals surface area (Å²) in [6, 6.07) is 11.7. The molecule has 0 bridgehead atoms. The van der Waals surface area contributed by atoms with Crippen LogP contribution in [-0.2, 0) is 0 Å². The van der Waals surface area contributed by atoms with Gasteiger partial charge < -0.3 is 4.74 Å². The lowest BCUT2D eigenvalue weighted by Crippen LogP contribution is -2.22. The van der Waals surface area contributed by atoms with Crippen LogP contribution >= 0.6 is 0 Å². The highest BCUT2D eigenvalue weighted by atomic mass is 19.1. The summed E-state index contributed by atoms with van der Waals surface area (Å²) < 4.78 is 18.7. The van der Waals surface area contributed by atoms with E-state index in [-0.39, 0.29) is 17.7 Å². The second kappa shape index (κ2) is 4.54. The molecule has 0 saturated heterocycles. The Balaban J connectivity index is 1.95. The molecule has 19 heavy (non-hydrogen) atoms. The molecular formula is C15H12BFO2. The Bertz CT molecular complexity index is 637. The summed E-state index contributed by atoms with van der Waals surface area (Å²) in [5.41, 5.74) is 2.50. The Morgan fingerprint density at radius 2 is 1.89 bits per heavy atom. The monoisotopic (exact) mass is 254 g/mol. The Morgan fingerprint density at radius 1 is 1.16 bits per heavy atom. The van der Waals surface area contributed by atoms with Gasteiger partial charge in [-0.3, -0.25) is 4.79 Å². The molecule has 1 atom stereocenters. The number of ether oxygens (including phenoxy) is 1. The molecule has 2 aromatic rings. The third kappa shape index (κ3) is 2.26. The number of Topliss-reactive ketones (excluding diaryl/α,β-unsaturated/α-hetero) is 1.